The molecule has 1 saturated heterocycles. The van der Waals surface area contributed by atoms with Gasteiger partial charge < -0.3 is 10.2 Å². The van der Waals surface area contributed by atoms with Gasteiger partial charge in [-0.05, 0) is 38.4 Å². The molecule has 1 N–H and O–H groups in total. The van der Waals surface area contributed by atoms with Gasteiger partial charge in [0.15, 0.2) is 5.69 Å². The Hall–Kier alpha value is -1.92. The van der Waals surface area contributed by atoms with Crippen molar-refractivity contribution >= 4 is 18.3 Å². The maximum atomic E-state index is 12.7. The van der Waals surface area contributed by atoms with Crippen LogP contribution in [0.2, 0.25) is 0 Å². The maximum Gasteiger partial charge on any atom is 0.276 e. The Bertz CT molecular complexity index is 654. The van der Waals surface area contributed by atoms with Crippen molar-refractivity contribution in [2.45, 2.75) is 31.8 Å². The molecule has 1 amide bonds. The van der Waals surface area contributed by atoms with Gasteiger partial charge in [0, 0.05) is 7.05 Å². The second-order valence-corrected chi connectivity index (χ2v) is 6.07. The van der Waals surface area contributed by atoms with Crippen molar-refractivity contribution in [1.82, 2.24) is 25.2 Å². The number of carbonyl (C=O) groups excluding carboxylic acids is 1. The maximum absolute atomic E-state index is 12.7. The van der Waals surface area contributed by atoms with Crippen LogP contribution in [-0.4, -0.2) is 45.9 Å². The van der Waals surface area contributed by atoms with Gasteiger partial charge >= 0.3 is 0 Å². The number of piperidine rings is 1. The van der Waals surface area contributed by atoms with Crippen LogP contribution in [0.4, 0.5) is 0 Å². The molecule has 3 rings (SSSR count). The summed E-state index contributed by atoms with van der Waals surface area (Å²) in [5.74, 6) is -0.0958. The summed E-state index contributed by atoms with van der Waals surface area (Å²) in [5.41, 5.74) is 1.52. The van der Waals surface area contributed by atoms with Crippen molar-refractivity contribution in [2.75, 3.05) is 20.1 Å². The van der Waals surface area contributed by atoms with E-state index in [1.807, 2.05) is 49.0 Å². The summed E-state index contributed by atoms with van der Waals surface area (Å²) >= 11 is 0. The lowest BCUT2D eigenvalue weighted by molar-refractivity contribution is 0.0736. The lowest BCUT2D eigenvalue weighted by Crippen LogP contribution is -2.30. The molecule has 24 heavy (non-hydrogen) atoms. The van der Waals surface area contributed by atoms with Crippen LogP contribution in [-0.2, 0) is 0 Å². The Morgan fingerprint density at radius 1 is 1.29 bits per heavy atom. The first kappa shape index (κ1) is 18.4. The standard InChI is InChI=1S/C17H23N5O.ClH/c1-13(14-6-4-3-5-7-14)21(2)17(23)16-12-22(20-19-16)15-8-10-18-11-9-15;/h3-7,12-13,15,18H,8-11H2,1-2H3;1H. The number of amides is 1. The van der Waals surface area contributed by atoms with Gasteiger partial charge in [-0.25, -0.2) is 4.68 Å². The second kappa shape index (κ2) is 8.26. The Balaban J connectivity index is 0.00000208. The van der Waals surface area contributed by atoms with Crippen molar-refractivity contribution < 1.29 is 4.79 Å². The van der Waals surface area contributed by atoms with Crippen LogP contribution < -0.4 is 5.32 Å². The van der Waals surface area contributed by atoms with E-state index in [0.717, 1.165) is 31.5 Å². The SMILES string of the molecule is CC(c1ccccc1)N(C)C(=O)c1cn(C2CCNCC2)nn1.Cl. The fourth-order valence-corrected chi connectivity index (χ4v) is 2.94. The molecule has 0 saturated carbocycles. The predicted octanol–water partition coefficient (Wildman–Crippen LogP) is 2.46. The number of hydrogen-bond acceptors (Lipinski definition) is 4. The van der Waals surface area contributed by atoms with Crippen LogP contribution in [0, 0.1) is 0 Å². The summed E-state index contributed by atoms with van der Waals surface area (Å²) in [7, 11) is 1.81. The van der Waals surface area contributed by atoms with Crippen LogP contribution in [0.1, 0.15) is 47.9 Å². The van der Waals surface area contributed by atoms with Crippen LogP contribution in [0.15, 0.2) is 36.5 Å². The minimum atomic E-state index is -0.0958. The van der Waals surface area contributed by atoms with E-state index in [9.17, 15) is 4.79 Å². The normalized spacial score (nSPS) is 16.2. The fourth-order valence-electron chi connectivity index (χ4n) is 2.94. The minimum absolute atomic E-state index is 0. The minimum Gasteiger partial charge on any atom is -0.334 e. The smallest absolute Gasteiger partial charge is 0.276 e. The number of carbonyl (C=O) groups is 1. The quantitative estimate of drug-likeness (QED) is 0.921. The first-order valence-electron chi connectivity index (χ1n) is 8.11. The molecule has 1 unspecified atom stereocenters. The topological polar surface area (TPSA) is 63.1 Å². The van der Waals surface area contributed by atoms with Gasteiger partial charge in [0.05, 0.1) is 18.3 Å². The molecule has 1 aliphatic heterocycles. The molecule has 2 aromatic rings. The molecule has 1 aromatic carbocycles. The van der Waals surface area contributed by atoms with E-state index in [2.05, 4.69) is 15.6 Å². The molecule has 0 spiro atoms. The summed E-state index contributed by atoms with van der Waals surface area (Å²) in [5, 5.41) is 11.6. The molecule has 0 radical (unpaired) electrons. The molecule has 0 aliphatic carbocycles. The largest absolute Gasteiger partial charge is 0.334 e. The average Bonchev–Trinajstić information content (AvgIpc) is 3.11. The second-order valence-electron chi connectivity index (χ2n) is 6.07. The van der Waals surface area contributed by atoms with E-state index in [1.54, 1.807) is 11.1 Å². The molecule has 2 heterocycles. The highest BCUT2D eigenvalue weighted by molar-refractivity contribution is 5.92. The third-order valence-electron chi connectivity index (χ3n) is 4.60. The molecule has 130 valence electrons. The lowest BCUT2D eigenvalue weighted by atomic mass is 10.1. The molecule has 0 bridgehead atoms. The average molecular weight is 350 g/mol. The van der Waals surface area contributed by atoms with Crippen molar-refractivity contribution in [1.29, 1.82) is 0 Å². The first-order valence-corrected chi connectivity index (χ1v) is 8.11. The van der Waals surface area contributed by atoms with Gasteiger partial charge in [-0.2, -0.15) is 0 Å². The molecule has 1 aliphatic rings. The number of nitrogens with one attached hydrogen (secondary N) is 1. The summed E-state index contributed by atoms with van der Waals surface area (Å²) in [4.78, 5) is 14.4. The Kier molecular flexibility index (Phi) is 6.34. The zero-order valence-electron chi connectivity index (χ0n) is 14.1. The van der Waals surface area contributed by atoms with Gasteiger partial charge in [0.25, 0.3) is 5.91 Å². The highest BCUT2D eigenvalue weighted by atomic mass is 35.5. The third kappa shape index (κ3) is 3.94. The molecular formula is C17H24ClN5O. The van der Waals surface area contributed by atoms with Gasteiger partial charge in [-0.15, -0.1) is 17.5 Å². The Morgan fingerprint density at radius 2 is 1.96 bits per heavy atom. The Morgan fingerprint density at radius 3 is 2.62 bits per heavy atom. The van der Waals surface area contributed by atoms with E-state index in [-0.39, 0.29) is 24.4 Å². The summed E-state index contributed by atoms with van der Waals surface area (Å²) in [6.07, 6.45) is 3.83. The Labute approximate surface area is 148 Å². The molecule has 7 heteroatoms. The fraction of sp³-hybridized carbons (Fsp3) is 0.471. The van der Waals surface area contributed by atoms with Crippen molar-refractivity contribution in [2.24, 2.45) is 0 Å². The summed E-state index contributed by atoms with van der Waals surface area (Å²) in [6.45, 7) is 3.99. The van der Waals surface area contributed by atoms with Crippen molar-refractivity contribution in [3.63, 3.8) is 0 Å². The van der Waals surface area contributed by atoms with Crippen LogP contribution in [0.5, 0.6) is 0 Å². The highest BCUT2D eigenvalue weighted by Gasteiger charge is 2.23. The number of aromatic nitrogens is 3. The molecule has 1 atom stereocenters. The van der Waals surface area contributed by atoms with Gasteiger partial charge in [-0.1, -0.05) is 35.5 Å². The molecule has 1 aromatic heterocycles. The van der Waals surface area contributed by atoms with E-state index < -0.39 is 0 Å². The van der Waals surface area contributed by atoms with Gasteiger partial charge in [0.2, 0.25) is 0 Å². The van der Waals surface area contributed by atoms with E-state index in [4.69, 9.17) is 0 Å². The number of halogens is 1. The molecule has 6 nitrogen and oxygen atoms in total. The summed E-state index contributed by atoms with van der Waals surface area (Å²) in [6, 6.07) is 10.3. The monoisotopic (exact) mass is 349 g/mol. The first-order chi connectivity index (χ1) is 11.2. The summed E-state index contributed by atoms with van der Waals surface area (Å²) < 4.78 is 1.84. The van der Waals surface area contributed by atoms with E-state index >= 15 is 0 Å². The van der Waals surface area contributed by atoms with Gasteiger partial charge in [0.1, 0.15) is 0 Å². The predicted molar refractivity (Wildman–Crippen MR) is 95.4 cm³/mol. The highest BCUT2D eigenvalue weighted by Crippen LogP contribution is 2.21. The number of benzene rings is 1. The van der Waals surface area contributed by atoms with E-state index in [0.29, 0.717) is 11.7 Å². The van der Waals surface area contributed by atoms with Crippen LogP contribution >= 0.6 is 12.4 Å². The number of hydrogen-bond donors (Lipinski definition) is 1. The van der Waals surface area contributed by atoms with Crippen LogP contribution in [0.25, 0.3) is 0 Å². The third-order valence-corrected chi connectivity index (χ3v) is 4.60. The van der Waals surface area contributed by atoms with E-state index in [1.165, 1.54) is 0 Å². The number of rotatable bonds is 4. The zero-order chi connectivity index (χ0) is 16.2. The number of nitrogens with zero attached hydrogens (tertiary/aromatic N) is 4. The molecule has 1 fully saturated rings. The van der Waals surface area contributed by atoms with Crippen molar-refractivity contribution in [3.8, 4) is 0 Å². The van der Waals surface area contributed by atoms with Gasteiger partial charge in [-0.3, -0.25) is 4.79 Å². The van der Waals surface area contributed by atoms with Crippen molar-refractivity contribution in [3.05, 3.63) is 47.8 Å². The lowest BCUT2D eigenvalue weighted by Gasteiger charge is -2.24. The van der Waals surface area contributed by atoms with Crippen LogP contribution in [0.3, 0.4) is 0 Å². The molecular weight excluding hydrogens is 326 g/mol. The zero-order valence-corrected chi connectivity index (χ0v) is 14.9.